The van der Waals surface area contributed by atoms with Gasteiger partial charge >= 0.3 is 6.03 Å². The van der Waals surface area contributed by atoms with Crippen molar-refractivity contribution >= 4 is 17.6 Å². The first-order valence-electron chi connectivity index (χ1n) is 7.84. The van der Waals surface area contributed by atoms with Gasteiger partial charge in [-0.15, -0.1) is 0 Å². The second kappa shape index (κ2) is 7.21. The molecule has 1 fully saturated rings. The summed E-state index contributed by atoms with van der Waals surface area (Å²) in [5.74, 6) is -0.662. The Morgan fingerprint density at radius 3 is 2.72 bits per heavy atom. The molecule has 130 valence electrons. The molecule has 3 amide bonds. The van der Waals surface area contributed by atoms with Crippen molar-refractivity contribution in [1.29, 1.82) is 0 Å². The van der Waals surface area contributed by atoms with Gasteiger partial charge in [0.2, 0.25) is 5.91 Å². The van der Waals surface area contributed by atoms with Gasteiger partial charge in [-0.2, -0.15) is 0 Å². The van der Waals surface area contributed by atoms with Crippen LogP contribution in [0.25, 0.3) is 0 Å². The van der Waals surface area contributed by atoms with E-state index in [2.05, 4.69) is 10.6 Å². The van der Waals surface area contributed by atoms with E-state index in [-0.39, 0.29) is 17.3 Å². The Balaban J connectivity index is 1.89. The third-order valence-corrected chi connectivity index (χ3v) is 4.02. The van der Waals surface area contributed by atoms with Gasteiger partial charge in [0, 0.05) is 13.1 Å². The third-order valence-electron chi connectivity index (χ3n) is 4.02. The number of para-hydroxylation sites is 1. The number of hydrogen-bond donors (Lipinski definition) is 2. The van der Waals surface area contributed by atoms with Gasteiger partial charge in [-0.1, -0.05) is 36.4 Å². The predicted molar refractivity (Wildman–Crippen MR) is 90.9 cm³/mol. The molecule has 2 aromatic rings. The van der Waals surface area contributed by atoms with E-state index < -0.39 is 17.9 Å². The van der Waals surface area contributed by atoms with Crippen LogP contribution in [-0.4, -0.2) is 37.0 Å². The Bertz CT molecular complexity index is 782. The van der Waals surface area contributed by atoms with Crippen molar-refractivity contribution in [2.24, 2.45) is 0 Å². The normalized spacial score (nSPS) is 17.0. The monoisotopic (exact) mass is 343 g/mol. The highest BCUT2D eigenvalue weighted by molar-refractivity contribution is 5.96. The Labute approximate surface area is 144 Å². The van der Waals surface area contributed by atoms with Crippen LogP contribution in [0.5, 0.6) is 5.75 Å². The number of ether oxygens (including phenoxy) is 1. The third kappa shape index (κ3) is 3.40. The molecular weight excluding hydrogens is 325 g/mol. The molecule has 1 heterocycles. The van der Waals surface area contributed by atoms with Crippen LogP contribution >= 0.6 is 0 Å². The summed E-state index contributed by atoms with van der Waals surface area (Å²) in [6, 6.07) is 11.9. The van der Waals surface area contributed by atoms with Gasteiger partial charge in [0.1, 0.15) is 17.5 Å². The van der Waals surface area contributed by atoms with E-state index in [0.717, 1.165) is 0 Å². The number of piperazine rings is 1. The summed E-state index contributed by atoms with van der Waals surface area (Å²) in [6.07, 6.45) is 0. The SMILES string of the molecule is COc1cccc(F)c1NC(=O)N1CCNC(=O)[C@@H]1c1ccccc1. The minimum Gasteiger partial charge on any atom is -0.494 e. The number of carbonyl (C=O) groups excluding carboxylic acids is 2. The van der Waals surface area contributed by atoms with Crippen LogP contribution in [0, 0.1) is 5.82 Å². The first-order valence-corrected chi connectivity index (χ1v) is 7.84. The van der Waals surface area contributed by atoms with Gasteiger partial charge in [-0.05, 0) is 17.7 Å². The fourth-order valence-corrected chi connectivity index (χ4v) is 2.83. The molecule has 7 heteroatoms. The molecule has 0 radical (unpaired) electrons. The van der Waals surface area contributed by atoms with Gasteiger partial charge in [0.15, 0.2) is 5.82 Å². The minimum atomic E-state index is -0.771. The number of nitrogens with one attached hydrogen (secondary N) is 2. The molecule has 0 bridgehead atoms. The molecule has 2 N–H and O–H groups in total. The van der Waals surface area contributed by atoms with Crippen LogP contribution in [0.15, 0.2) is 48.5 Å². The second-order valence-corrected chi connectivity index (χ2v) is 5.54. The quantitative estimate of drug-likeness (QED) is 0.900. The Hall–Kier alpha value is -3.09. The highest BCUT2D eigenvalue weighted by atomic mass is 19.1. The number of urea groups is 1. The second-order valence-electron chi connectivity index (χ2n) is 5.54. The molecule has 0 unspecified atom stereocenters. The fourth-order valence-electron chi connectivity index (χ4n) is 2.83. The van der Waals surface area contributed by atoms with E-state index in [4.69, 9.17) is 4.74 Å². The smallest absolute Gasteiger partial charge is 0.323 e. The van der Waals surface area contributed by atoms with Crippen LogP contribution in [0.4, 0.5) is 14.9 Å². The van der Waals surface area contributed by atoms with Crippen molar-refractivity contribution < 1.29 is 18.7 Å². The predicted octanol–water partition coefficient (Wildman–Crippen LogP) is 2.54. The molecule has 1 aliphatic heterocycles. The first-order chi connectivity index (χ1) is 12.1. The molecule has 0 aliphatic carbocycles. The molecule has 1 saturated heterocycles. The lowest BCUT2D eigenvalue weighted by Crippen LogP contribution is -2.53. The topological polar surface area (TPSA) is 70.7 Å². The molecule has 1 aliphatic rings. The Morgan fingerprint density at radius 1 is 1.24 bits per heavy atom. The maximum absolute atomic E-state index is 14.1. The van der Waals surface area contributed by atoms with Crippen LogP contribution in [0.3, 0.4) is 0 Å². The zero-order valence-electron chi connectivity index (χ0n) is 13.7. The summed E-state index contributed by atoms with van der Waals surface area (Å²) in [5, 5.41) is 5.28. The molecule has 0 saturated carbocycles. The molecule has 0 spiro atoms. The number of halogens is 1. The molecule has 2 aromatic carbocycles. The van der Waals surface area contributed by atoms with Crippen molar-refractivity contribution in [3.63, 3.8) is 0 Å². The van der Waals surface area contributed by atoms with E-state index in [0.29, 0.717) is 18.7 Å². The number of anilines is 1. The lowest BCUT2D eigenvalue weighted by atomic mass is 10.0. The zero-order chi connectivity index (χ0) is 17.8. The number of benzene rings is 2. The molecule has 1 atom stereocenters. The summed E-state index contributed by atoms with van der Waals surface area (Å²) in [5.41, 5.74) is 0.642. The Kier molecular flexibility index (Phi) is 4.83. The number of rotatable bonds is 3. The van der Waals surface area contributed by atoms with Crippen molar-refractivity contribution in [1.82, 2.24) is 10.2 Å². The summed E-state index contributed by atoms with van der Waals surface area (Å²) in [7, 11) is 1.39. The largest absolute Gasteiger partial charge is 0.494 e. The van der Waals surface area contributed by atoms with Crippen molar-refractivity contribution in [2.75, 3.05) is 25.5 Å². The van der Waals surface area contributed by atoms with Crippen LogP contribution in [0.2, 0.25) is 0 Å². The van der Waals surface area contributed by atoms with Gasteiger partial charge < -0.3 is 20.3 Å². The number of amides is 3. The number of nitrogens with zero attached hydrogens (tertiary/aromatic N) is 1. The summed E-state index contributed by atoms with van der Waals surface area (Å²) < 4.78 is 19.2. The number of carbonyl (C=O) groups is 2. The van der Waals surface area contributed by atoms with E-state index in [1.165, 1.54) is 24.1 Å². The van der Waals surface area contributed by atoms with Gasteiger partial charge in [-0.25, -0.2) is 9.18 Å². The van der Waals surface area contributed by atoms with Gasteiger partial charge in [-0.3, -0.25) is 4.79 Å². The molecule has 0 aromatic heterocycles. The summed E-state index contributed by atoms with van der Waals surface area (Å²) in [6.45, 7) is 0.651. The maximum Gasteiger partial charge on any atom is 0.323 e. The average Bonchev–Trinajstić information content (AvgIpc) is 2.63. The number of hydrogen-bond acceptors (Lipinski definition) is 3. The van der Waals surface area contributed by atoms with Crippen molar-refractivity contribution in [3.05, 3.63) is 59.9 Å². The summed E-state index contributed by atoms with van der Waals surface area (Å²) >= 11 is 0. The minimum absolute atomic E-state index is 0.0483. The van der Waals surface area contributed by atoms with E-state index in [1.807, 2.05) is 6.07 Å². The van der Waals surface area contributed by atoms with E-state index in [1.54, 1.807) is 30.3 Å². The molecular formula is C18H18FN3O3. The van der Waals surface area contributed by atoms with E-state index in [9.17, 15) is 14.0 Å². The highest BCUT2D eigenvalue weighted by Gasteiger charge is 2.34. The van der Waals surface area contributed by atoms with Crippen LogP contribution in [0.1, 0.15) is 11.6 Å². The fraction of sp³-hybridized carbons (Fsp3) is 0.222. The average molecular weight is 343 g/mol. The van der Waals surface area contributed by atoms with Gasteiger partial charge in [0.05, 0.1) is 7.11 Å². The molecule has 3 rings (SSSR count). The first kappa shape index (κ1) is 16.8. The standard InChI is InChI=1S/C18H18FN3O3/c1-25-14-9-5-8-13(19)15(14)21-18(24)22-11-10-20-17(23)16(22)12-6-3-2-4-7-12/h2-9,16H,10-11H2,1H3,(H,20,23)(H,21,24)/t16-/m0/s1. The molecule has 25 heavy (non-hydrogen) atoms. The van der Waals surface area contributed by atoms with Crippen molar-refractivity contribution in [3.8, 4) is 5.75 Å². The van der Waals surface area contributed by atoms with Crippen molar-refractivity contribution in [2.45, 2.75) is 6.04 Å². The highest BCUT2D eigenvalue weighted by Crippen LogP contribution is 2.29. The summed E-state index contributed by atoms with van der Waals surface area (Å²) in [4.78, 5) is 26.4. The van der Waals surface area contributed by atoms with Crippen LogP contribution in [-0.2, 0) is 4.79 Å². The number of methoxy groups -OCH3 is 1. The van der Waals surface area contributed by atoms with E-state index >= 15 is 0 Å². The van der Waals surface area contributed by atoms with Gasteiger partial charge in [0.25, 0.3) is 0 Å². The lowest BCUT2D eigenvalue weighted by molar-refractivity contribution is -0.127. The van der Waals surface area contributed by atoms with Crippen LogP contribution < -0.4 is 15.4 Å². The lowest BCUT2D eigenvalue weighted by Gasteiger charge is -2.35. The zero-order valence-corrected chi connectivity index (χ0v) is 13.7. The Morgan fingerprint density at radius 2 is 2.00 bits per heavy atom. The molecule has 6 nitrogen and oxygen atoms in total. The maximum atomic E-state index is 14.1.